The fourth-order valence-electron chi connectivity index (χ4n) is 0.296. The first-order chi connectivity index (χ1) is 4.91. The van der Waals surface area contributed by atoms with Crippen LogP contribution in [0.3, 0.4) is 0 Å². The first-order valence-corrected chi connectivity index (χ1v) is 3.92. The van der Waals surface area contributed by atoms with Crippen LogP contribution in [-0.2, 0) is 4.79 Å². The lowest BCUT2D eigenvalue weighted by Gasteiger charge is -1.66. The first-order valence-electron chi connectivity index (χ1n) is 2.94. The SMILES string of the molecule is CC=C[C]=O.[C]1=NCCS1. The highest BCUT2D eigenvalue weighted by Crippen LogP contribution is 1.99. The molecule has 0 saturated heterocycles. The summed E-state index contributed by atoms with van der Waals surface area (Å²) >= 11 is 1.66. The molecule has 0 fully saturated rings. The van der Waals surface area contributed by atoms with Crippen molar-refractivity contribution in [3.05, 3.63) is 12.2 Å². The average Bonchev–Trinajstić information content (AvgIpc) is 2.44. The number of carbonyl (C=O) groups excluding carboxylic acids is 1. The molecule has 0 aliphatic carbocycles. The number of rotatable bonds is 1. The lowest BCUT2D eigenvalue weighted by Crippen LogP contribution is -1.69. The molecule has 0 N–H and O–H groups in total. The third kappa shape index (κ3) is 7.43. The third-order valence-corrected chi connectivity index (χ3v) is 1.31. The first kappa shape index (κ1) is 9.43. The molecule has 3 heteroatoms. The number of hydrogen-bond donors (Lipinski definition) is 0. The summed E-state index contributed by atoms with van der Waals surface area (Å²) < 4.78 is 0. The van der Waals surface area contributed by atoms with E-state index in [0.29, 0.717) is 0 Å². The molecule has 0 unspecified atom stereocenters. The summed E-state index contributed by atoms with van der Waals surface area (Å²) in [6.45, 7) is 2.75. The maximum atomic E-state index is 9.19. The third-order valence-electron chi connectivity index (χ3n) is 0.669. The predicted octanol–water partition coefficient (Wildman–Crippen LogP) is 1.31. The zero-order chi connectivity index (χ0) is 7.66. The van der Waals surface area contributed by atoms with Gasteiger partial charge in [-0.3, -0.25) is 9.79 Å². The minimum absolute atomic E-state index is 0.977. The minimum atomic E-state index is 0.977. The number of aliphatic imine (C=N–C) groups is 1. The van der Waals surface area contributed by atoms with E-state index >= 15 is 0 Å². The zero-order valence-corrected chi connectivity index (χ0v) is 6.65. The van der Waals surface area contributed by atoms with Crippen molar-refractivity contribution < 1.29 is 4.79 Å². The number of hydrogen-bond acceptors (Lipinski definition) is 3. The summed E-state index contributed by atoms with van der Waals surface area (Å²) in [6, 6.07) is 0. The Hall–Kier alpha value is -0.570. The molecule has 0 aromatic rings. The monoisotopic (exact) mass is 155 g/mol. The quantitative estimate of drug-likeness (QED) is 0.534. The Bertz CT molecular complexity index is 126. The maximum absolute atomic E-state index is 9.19. The summed E-state index contributed by atoms with van der Waals surface area (Å²) in [5.41, 5.74) is 2.76. The maximum Gasteiger partial charge on any atom is 0.225 e. The molecule has 1 aliphatic rings. The highest BCUT2D eigenvalue weighted by atomic mass is 32.2. The van der Waals surface area contributed by atoms with Crippen molar-refractivity contribution in [1.82, 2.24) is 0 Å². The summed E-state index contributed by atoms with van der Waals surface area (Å²) in [6.07, 6.45) is 4.54. The molecule has 2 radical (unpaired) electrons. The van der Waals surface area contributed by atoms with E-state index in [0.717, 1.165) is 12.3 Å². The number of nitrogens with zero attached hydrogens (tertiary/aromatic N) is 1. The molecule has 0 spiro atoms. The van der Waals surface area contributed by atoms with Crippen LogP contribution in [-0.4, -0.2) is 24.1 Å². The molecule has 0 aromatic carbocycles. The average molecular weight is 155 g/mol. The molecule has 1 aliphatic heterocycles. The van der Waals surface area contributed by atoms with Gasteiger partial charge >= 0.3 is 0 Å². The smallest absolute Gasteiger partial charge is 0.225 e. The van der Waals surface area contributed by atoms with E-state index in [-0.39, 0.29) is 0 Å². The summed E-state index contributed by atoms with van der Waals surface area (Å²) in [5, 5.41) is 0. The van der Waals surface area contributed by atoms with Gasteiger partial charge in [-0.05, 0) is 13.0 Å². The van der Waals surface area contributed by atoms with E-state index in [1.54, 1.807) is 31.0 Å². The van der Waals surface area contributed by atoms with Gasteiger partial charge in [0.2, 0.25) is 6.29 Å². The van der Waals surface area contributed by atoms with Crippen LogP contribution in [0, 0.1) is 0 Å². The van der Waals surface area contributed by atoms with Gasteiger partial charge < -0.3 is 0 Å². The Morgan fingerprint density at radius 2 is 2.60 bits per heavy atom. The standard InChI is InChI=1S/C4H5O.C3H4NS/c1-2-3-4-5;1-2-5-3-4-1/h2-3H,1H3;1-2H2. The fourth-order valence-corrected chi connectivity index (χ4v) is 0.753. The Kier molecular flexibility index (Phi) is 7.95. The zero-order valence-electron chi connectivity index (χ0n) is 5.83. The van der Waals surface area contributed by atoms with Crippen molar-refractivity contribution in [2.24, 2.45) is 4.99 Å². The molecule has 0 aromatic heterocycles. The van der Waals surface area contributed by atoms with Crippen molar-refractivity contribution in [3.63, 3.8) is 0 Å². The van der Waals surface area contributed by atoms with Crippen molar-refractivity contribution in [3.8, 4) is 0 Å². The van der Waals surface area contributed by atoms with Crippen LogP contribution in [0.5, 0.6) is 0 Å². The van der Waals surface area contributed by atoms with Crippen molar-refractivity contribution in [2.75, 3.05) is 12.3 Å². The second kappa shape index (κ2) is 8.43. The van der Waals surface area contributed by atoms with E-state index in [1.165, 1.54) is 6.08 Å². The predicted molar refractivity (Wildman–Crippen MR) is 45.3 cm³/mol. The second-order valence-electron chi connectivity index (χ2n) is 1.44. The molecule has 1 rings (SSSR count). The molecule has 0 atom stereocenters. The summed E-state index contributed by atoms with van der Waals surface area (Å²) in [4.78, 5) is 13.0. The van der Waals surface area contributed by atoms with Gasteiger partial charge in [-0.2, -0.15) is 0 Å². The van der Waals surface area contributed by atoms with Crippen LogP contribution >= 0.6 is 11.8 Å². The Balaban J connectivity index is 0.000000162. The van der Waals surface area contributed by atoms with Crippen molar-refractivity contribution in [2.45, 2.75) is 6.92 Å². The number of allylic oxidation sites excluding steroid dienone is 2. The van der Waals surface area contributed by atoms with E-state index in [2.05, 4.69) is 10.5 Å². The lowest BCUT2D eigenvalue weighted by molar-refractivity contribution is 0.564. The molecule has 0 bridgehead atoms. The molecule has 1 heterocycles. The summed E-state index contributed by atoms with van der Waals surface area (Å²) in [7, 11) is 0. The highest BCUT2D eigenvalue weighted by Gasteiger charge is 1.87. The molecular weight excluding hydrogens is 146 g/mol. The molecular formula is C7H9NOS. The van der Waals surface area contributed by atoms with Gasteiger partial charge in [-0.25, -0.2) is 0 Å². The molecule has 10 heavy (non-hydrogen) atoms. The van der Waals surface area contributed by atoms with Gasteiger partial charge in [0.25, 0.3) is 0 Å². The van der Waals surface area contributed by atoms with Crippen LogP contribution in [0.2, 0.25) is 0 Å². The van der Waals surface area contributed by atoms with Gasteiger partial charge in [0, 0.05) is 12.3 Å². The summed E-state index contributed by atoms with van der Waals surface area (Å²) in [5.74, 6) is 1.14. The highest BCUT2D eigenvalue weighted by molar-refractivity contribution is 8.12. The van der Waals surface area contributed by atoms with Crippen LogP contribution in [0.1, 0.15) is 6.92 Å². The Morgan fingerprint density at radius 3 is 2.70 bits per heavy atom. The second-order valence-corrected chi connectivity index (χ2v) is 2.32. The van der Waals surface area contributed by atoms with Crippen LogP contribution in [0.15, 0.2) is 17.1 Å². The molecule has 0 amide bonds. The van der Waals surface area contributed by atoms with Crippen LogP contribution in [0.4, 0.5) is 0 Å². The Labute approximate surface area is 65.4 Å². The van der Waals surface area contributed by atoms with Gasteiger partial charge in [-0.1, -0.05) is 6.08 Å². The van der Waals surface area contributed by atoms with Crippen LogP contribution in [0.25, 0.3) is 0 Å². The number of thioether (sulfide) groups is 1. The van der Waals surface area contributed by atoms with E-state index < -0.39 is 0 Å². The Morgan fingerprint density at radius 1 is 1.80 bits per heavy atom. The fraction of sp³-hybridized carbons (Fsp3) is 0.429. The minimum Gasteiger partial charge on any atom is -0.286 e. The molecule has 2 nitrogen and oxygen atoms in total. The topological polar surface area (TPSA) is 29.4 Å². The normalized spacial score (nSPS) is 14.9. The van der Waals surface area contributed by atoms with Crippen molar-refractivity contribution in [1.29, 1.82) is 0 Å². The van der Waals surface area contributed by atoms with E-state index in [9.17, 15) is 4.79 Å². The van der Waals surface area contributed by atoms with Crippen molar-refractivity contribution >= 4 is 23.6 Å². The van der Waals surface area contributed by atoms with Gasteiger partial charge in [-0.15, -0.1) is 11.8 Å². The van der Waals surface area contributed by atoms with Crippen LogP contribution < -0.4 is 0 Å². The van der Waals surface area contributed by atoms with Gasteiger partial charge in [0.1, 0.15) is 5.55 Å². The van der Waals surface area contributed by atoms with E-state index in [1.807, 2.05) is 0 Å². The molecule has 54 valence electrons. The van der Waals surface area contributed by atoms with Gasteiger partial charge in [0.15, 0.2) is 0 Å². The largest absolute Gasteiger partial charge is 0.286 e. The molecule has 0 saturated carbocycles. The van der Waals surface area contributed by atoms with E-state index in [4.69, 9.17) is 0 Å². The lowest BCUT2D eigenvalue weighted by atomic mass is 10.6. The van der Waals surface area contributed by atoms with Gasteiger partial charge in [0.05, 0.1) is 0 Å².